The van der Waals surface area contributed by atoms with E-state index in [2.05, 4.69) is 13.2 Å². The number of carbonyl (C=O) groups is 12. The first-order valence-electron chi connectivity index (χ1n) is 21.3. The molecule has 0 bridgehead atoms. The molecule has 6 aromatic carbocycles. The van der Waals surface area contributed by atoms with Gasteiger partial charge in [0.15, 0.2) is 0 Å². The second kappa shape index (κ2) is 33.2. The van der Waals surface area contributed by atoms with E-state index in [0.29, 0.717) is 0 Å². The third kappa shape index (κ3) is 21.3. The standard InChI is InChI=1S/C14H14O4.5C8H6O4/c1-3-9-17-13(15)11-7-5-6-8-12(11)14(16)18-10-4-2;5*9-7(10)5-3-1-2-4-6(5)8(11)12/h3-8H,1-2,9-10H2;5*1-4H,(H,9,10)(H,11,12). The van der Waals surface area contributed by atoms with Gasteiger partial charge < -0.3 is 60.5 Å². The van der Waals surface area contributed by atoms with E-state index in [4.69, 9.17) is 60.5 Å². The number of carboxylic acid groups (broad SMARTS) is 10. The van der Waals surface area contributed by atoms with Crippen molar-refractivity contribution >= 4 is 71.6 Å². The number of hydrogen-bond donors (Lipinski definition) is 10. The Hall–Kier alpha value is -11.6. The van der Waals surface area contributed by atoms with Gasteiger partial charge in [0, 0.05) is 0 Å². The fourth-order valence-corrected chi connectivity index (χ4v) is 5.54. The van der Waals surface area contributed by atoms with Gasteiger partial charge in [-0.15, -0.1) is 0 Å². The van der Waals surface area contributed by atoms with E-state index in [1.54, 1.807) is 12.1 Å². The molecule has 0 heterocycles. The monoisotopic (exact) mass is 1080 g/mol. The summed E-state index contributed by atoms with van der Waals surface area (Å²) in [5.41, 5.74) is -1.55. The van der Waals surface area contributed by atoms with Crippen LogP contribution in [0.4, 0.5) is 0 Å². The zero-order valence-corrected chi connectivity index (χ0v) is 40.0. The highest BCUT2D eigenvalue weighted by Crippen LogP contribution is 2.14. The minimum absolute atomic E-state index is 0.0921. The molecule has 0 unspecified atom stereocenters. The number of rotatable bonds is 16. The molecule has 0 amide bonds. The van der Waals surface area contributed by atoms with Crippen LogP contribution < -0.4 is 0 Å². The molecule has 24 heteroatoms. The summed E-state index contributed by atoms with van der Waals surface area (Å²) in [5, 5.41) is 85.5. The minimum atomic E-state index is -1.23. The molecular weight excluding hydrogens is 1030 g/mol. The lowest BCUT2D eigenvalue weighted by molar-refractivity contribution is 0.0503. The predicted octanol–water partition coefficient (Wildman–Crippen LogP) is 7.79. The highest BCUT2D eigenvalue weighted by atomic mass is 16.5. The quantitative estimate of drug-likeness (QED) is 0.0326. The Morgan fingerprint density at radius 1 is 0.256 bits per heavy atom. The molecule has 0 aliphatic rings. The van der Waals surface area contributed by atoms with Crippen molar-refractivity contribution in [3.05, 3.63) is 238 Å². The summed E-state index contributed by atoms with van der Waals surface area (Å²) >= 11 is 0. The molecule has 0 aromatic heterocycles. The lowest BCUT2D eigenvalue weighted by atomic mass is 10.1. The molecular formula is C54H44O24. The highest BCUT2D eigenvalue weighted by Gasteiger charge is 2.20. The minimum Gasteiger partial charge on any atom is -0.478 e. The molecule has 24 nitrogen and oxygen atoms in total. The van der Waals surface area contributed by atoms with Crippen LogP contribution in [0.1, 0.15) is 124 Å². The fraction of sp³-hybridized carbons (Fsp3) is 0.0370. The SMILES string of the molecule is C=CCOC(=O)c1ccccc1C(=O)OCC=C.O=C(O)c1ccccc1C(=O)O.O=C(O)c1ccccc1C(=O)O.O=C(O)c1ccccc1C(=O)O.O=C(O)c1ccccc1C(=O)O.O=C(O)c1ccccc1C(=O)O. The second-order valence-electron chi connectivity index (χ2n) is 14.1. The van der Waals surface area contributed by atoms with Crippen molar-refractivity contribution in [2.75, 3.05) is 13.2 Å². The number of esters is 2. The van der Waals surface area contributed by atoms with Gasteiger partial charge in [0.2, 0.25) is 0 Å². The number of benzene rings is 6. The number of carboxylic acids is 10. The smallest absolute Gasteiger partial charge is 0.339 e. The summed E-state index contributed by atoms with van der Waals surface area (Å²) in [4.78, 5) is 128. The van der Waals surface area contributed by atoms with Crippen LogP contribution in [0.15, 0.2) is 171 Å². The topological polar surface area (TPSA) is 426 Å². The van der Waals surface area contributed by atoms with Crippen molar-refractivity contribution < 1.29 is 118 Å². The van der Waals surface area contributed by atoms with E-state index < -0.39 is 71.6 Å². The maximum absolute atomic E-state index is 11.7. The summed E-state index contributed by atoms with van der Waals surface area (Å²) in [5.74, 6) is -13.5. The van der Waals surface area contributed by atoms with Crippen LogP contribution >= 0.6 is 0 Å². The van der Waals surface area contributed by atoms with Gasteiger partial charge in [0.25, 0.3) is 0 Å². The third-order valence-electron chi connectivity index (χ3n) is 8.97. The summed E-state index contributed by atoms with van der Waals surface area (Å²) in [6, 6.07) is 33.7. The molecule has 78 heavy (non-hydrogen) atoms. The second-order valence-corrected chi connectivity index (χ2v) is 14.1. The Morgan fingerprint density at radius 3 is 0.474 bits per heavy atom. The van der Waals surface area contributed by atoms with E-state index >= 15 is 0 Å². The highest BCUT2D eigenvalue weighted by molar-refractivity contribution is 6.05. The van der Waals surface area contributed by atoms with Gasteiger partial charge in [-0.25, -0.2) is 57.5 Å². The third-order valence-corrected chi connectivity index (χ3v) is 8.97. The summed E-state index contributed by atoms with van der Waals surface area (Å²) in [7, 11) is 0. The van der Waals surface area contributed by atoms with Gasteiger partial charge >= 0.3 is 71.6 Å². The molecule has 10 N–H and O–H groups in total. The van der Waals surface area contributed by atoms with Crippen LogP contribution in [-0.4, -0.2) is 136 Å². The normalized spacial score (nSPS) is 9.33. The van der Waals surface area contributed by atoms with Crippen molar-refractivity contribution in [3.63, 3.8) is 0 Å². The van der Waals surface area contributed by atoms with E-state index in [0.717, 1.165) is 0 Å². The maximum Gasteiger partial charge on any atom is 0.339 e. The van der Waals surface area contributed by atoms with Crippen LogP contribution in [-0.2, 0) is 9.47 Å². The average Bonchev–Trinajstić information content (AvgIpc) is 3.42. The fourth-order valence-electron chi connectivity index (χ4n) is 5.54. The Kier molecular flexibility index (Phi) is 27.5. The molecule has 0 aliphatic heterocycles. The Balaban J connectivity index is 0.000000472. The average molecular weight is 1080 g/mol. The first-order valence-corrected chi connectivity index (χ1v) is 21.3. The molecule has 0 saturated carbocycles. The Labute approximate surface area is 439 Å². The van der Waals surface area contributed by atoms with E-state index in [9.17, 15) is 57.5 Å². The van der Waals surface area contributed by atoms with Gasteiger partial charge in [-0.3, -0.25) is 0 Å². The Bertz CT molecular complexity index is 2610. The lowest BCUT2D eigenvalue weighted by Crippen LogP contribution is -2.14. The van der Waals surface area contributed by atoms with E-state index in [1.807, 2.05) is 0 Å². The summed E-state index contributed by atoms with van der Waals surface area (Å²) < 4.78 is 9.78. The van der Waals surface area contributed by atoms with Crippen LogP contribution in [0.25, 0.3) is 0 Å². The molecule has 0 saturated heterocycles. The maximum atomic E-state index is 11.7. The lowest BCUT2D eigenvalue weighted by Gasteiger charge is -2.07. The molecule has 6 rings (SSSR count). The molecule has 0 radical (unpaired) electrons. The zero-order valence-electron chi connectivity index (χ0n) is 40.0. The van der Waals surface area contributed by atoms with Crippen molar-refractivity contribution in [2.45, 2.75) is 0 Å². The van der Waals surface area contributed by atoms with Crippen molar-refractivity contribution in [2.24, 2.45) is 0 Å². The number of aromatic carboxylic acids is 10. The van der Waals surface area contributed by atoms with Gasteiger partial charge in [0.1, 0.15) is 13.2 Å². The molecule has 0 atom stereocenters. The number of carbonyl (C=O) groups excluding carboxylic acids is 2. The van der Waals surface area contributed by atoms with Crippen LogP contribution in [0.2, 0.25) is 0 Å². The van der Waals surface area contributed by atoms with Gasteiger partial charge in [-0.05, 0) is 72.8 Å². The largest absolute Gasteiger partial charge is 0.478 e. The van der Waals surface area contributed by atoms with Crippen molar-refractivity contribution in [1.29, 1.82) is 0 Å². The molecule has 0 fully saturated rings. The van der Waals surface area contributed by atoms with Crippen molar-refractivity contribution in [3.8, 4) is 0 Å². The van der Waals surface area contributed by atoms with Crippen LogP contribution in [0.5, 0.6) is 0 Å². The Morgan fingerprint density at radius 2 is 0.372 bits per heavy atom. The number of hydrogen-bond acceptors (Lipinski definition) is 14. The predicted molar refractivity (Wildman–Crippen MR) is 269 cm³/mol. The van der Waals surface area contributed by atoms with Gasteiger partial charge in [-0.1, -0.05) is 98.1 Å². The van der Waals surface area contributed by atoms with E-state index in [1.165, 1.54) is 146 Å². The van der Waals surface area contributed by atoms with Gasteiger partial charge in [0.05, 0.1) is 66.8 Å². The molecule has 0 aliphatic carbocycles. The summed E-state index contributed by atoms with van der Waals surface area (Å²) in [6.45, 7) is 7.07. The first kappa shape index (κ1) is 64.5. The number of ether oxygens (including phenoxy) is 2. The molecule has 404 valence electrons. The van der Waals surface area contributed by atoms with Crippen LogP contribution in [0, 0.1) is 0 Å². The van der Waals surface area contributed by atoms with Crippen molar-refractivity contribution in [1.82, 2.24) is 0 Å². The summed E-state index contributed by atoms with van der Waals surface area (Å²) in [6.07, 6.45) is 2.91. The zero-order chi connectivity index (χ0) is 59.1. The molecule has 6 aromatic rings. The van der Waals surface area contributed by atoms with Gasteiger partial charge in [-0.2, -0.15) is 0 Å². The van der Waals surface area contributed by atoms with E-state index in [-0.39, 0.29) is 80.0 Å². The van der Waals surface area contributed by atoms with Crippen LogP contribution in [0.3, 0.4) is 0 Å². The first-order chi connectivity index (χ1) is 36.8. The molecule has 0 spiro atoms.